The molecule has 1 heterocycles. The highest BCUT2D eigenvalue weighted by atomic mass is 127. The summed E-state index contributed by atoms with van der Waals surface area (Å²) in [6, 6.07) is 11.0. The molecule has 1 aliphatic heterocycles. The summed E-state index contributed by atoms with van der Waals surface area (Å²) in [5, 5.41) is 0. The van der Waals surface area contributed by atoms with Crippen molar-refractivity contribution in [3.63, 3.8) is 0 Å². The SMILES string of the molecule is C=CCOc1ccc(/C=C2\N=C(c3ccc(I)c(Br)c3)OC2=O)cc1OC. The summed E-state index contributed by atoms with van der Waals surface area (Å²) in [4.78, 5) is 16.5. The summed E-state index contributed by atoms with van der Waals surface area (Å²) in [6.07, 6.45) is 3.31. The van der Waals surface area contributed by atoms with Crippen molar-refractivity contribution in [3.05, 3.63) is 73.9 Å². The van der Waals surface area contributed by atoms with E-state index in [1.54, 1.807) is 31.4 Å². The number of cyclic esters (lactones) is 1. The number of hydrogen-bond donors (Lipinski definition) is 0. The molecule has 2 aromatic rings. The molecule has 0 N–H and O–H groups in total. The summed E-state index contributed by atoms with van der Waals surface area (Å²) < 4.78 is 18.2. The number of ether oxygens (including phenoxy) is 3. The Morgan fingerprint density at radius 2 is 2.07 bits per heavy atom. The van der Waals surface area contributed by atoms with Crippen LogP contribution in [0, 0.1) is 3.57 Å². The van der Waals surface area contributed by atoms with Crippen LogP contribution < -0.4 is 9.47 Å². The van der Waals surface area contributed by atoms with Gasteiger partial charge in [0.05, 0.1) is 7.11 Å². The second-order valence-electron chi connectivity index (χ2n) is 5.47. The van der Waals surface area contributed by atoms with Crippen LogP contribution in [0.1, 0.15) is 11.1 Å². The molecule has 0 bridgehead atoms. The molecule has 2 aromatic carbocycles. The van der Waals surface area contributed by atoms with E-state index in [1.807, 2.05) is 24.3 Å². The number of esters is 1. The van der Waals surface area contributed by atoms with E-state index < -0.39 is 5.97 Å². The third kappa shape index (κ3) is 4.59. The van der Waals surface area contributed by atoms with Gasteiger partial charge in [-0.15, -0.1) is 0 Å². The molecule has 0 saturated carbocycles. The minimum Gasteiger partial charge on any atom is -0.493 e. The monoisotopic (exact) mass is 539 g/mol. The standard InChI is InChI=1S/C20H15BrINO4/c1-3-8-26-17-7-4-12(10-18(17)25-2)9-16-20(24)27-19(23-16)13-5-6-15(22)14(21)11-13/h3-7,9-11H,1,8H2,2H3/b16-9-. The molecule has 0 aliphatic carbocycles. The Bertz CT molecular complexity index is 968. The van der Waals surface area contributed by atoms with E-state index in [1.165, 1.54) is 0 Å². The van der Waals surface area contributed by atoms with Gasteiger partial charge in [-0.1, -0.05) is 18.7 Å². The number of carbonyl (C=O) groups excluding carboxylic acids is 1. The predicted octanol–water partition coefficient (Wildman–Crippen LogP) is 4.97. The molecule has 138 valence electrons. The maximum atomic E-state index is 12.2. The molecule has 1 aliphatic rings. The summed E-state index contributed by atoms with van der Waals surface area (Å²) in [7, 11) is 1.56. The molecule has 27 heavy (non-hydrogen) atoms. The minimum absolute atomic E-state index is 0.224. The fourth-order valence-corrected chi connectivity index (χ4v) is 3.08. The van der Waals surface area contributed by atoms with Gasteiger partial charge < -0.3 is 14.2 Å². The van der Waals surface area contributed by atoms with Gasteiger partial charge >= 0.3 is 5.97 Å². The maximum Gasteiger partial charge on any atom is 0.363 e. The van der Waals surface area contributed by atoms with Crippen molar-refractivity contribution in [1.29, 1.82) is 0 Å². The first-order chi connectivity index (χ1) is 13.0. The van der Waals surface area contributed by atoms with Crippen LogP contribution in [-0.2, 0) is 9.53 Å². The quantitative estimate of drug-likeness (QED) is 0.225. The van der Waals surface area contributed by atoms with E-state index in [4.69, 9.17) is 14.2 Å². The van der Waals surface area contributed by atoms with Gasteiger partial charge in [0.15, 0.2) is 17.2 Å². The third-order valence-electron chi connectivity index (χ3n) is 3.63. The fourth-order valence-electron chi connectivity index (χ4n) is 2.36. The maximum absolute atomic E-state index is 12.2. The van der Waals surface area contributed by atoms with Gasteiger partial charge in [-0.05, 0) is 80.5 Å². The average molecular weight is 540 g/mol. The molecular formula is C20H15BrINO4. The summed E-state index contributed by atoms with van der Waals surface area (Å²) >= 11 is 5.68. The van der Waals surface area contributed by atoms with Crippen molar-refractivity contribution in [2.75, 3.05) is 13.7 Å². The Balaban J connectivity index is 1.89. The number of aliphatic imine (C=N–C) groups is 1. The highest BCUT2D eigenvalue weighted by Gasteiger charge is 2.24. The molecule has 0 atom stereocenters. The highest BCUT2D eigenvalue weighted by Crippen LogP contribution is 2.30. The van der Waals surface area contributed by atoms with Gasteiger partial charge in [0, 0.05) is 13.6 Å². The number of benzene rings is 2. The zero-order chi connectivity index (χ0) is 19.4. The van der Waals surface area contributed by atoms with Gasteiger partial charge in [0.2, 0.25) is 5.90 Å². The number of methoxy groups -OCH3 is 1. The Hall–Kier alpha value is -2.13. The van der Waals surface area contributed by atoms with E-state index >= 15 is 0 Å². The van der Waals surface area contributed by atoms with Gasteiger partial charge in [-0.3, -0.25) is 0 Å². The van der Waals surface area contributed by atoms with E-state index in [-0.39, 0.29) is 11.6 Å². The predicted molar refractivity (Wildman–Crippen MR) is 116 cm³/mol. The van der Waals surface area contributed by atoms with Crippen LogP contribution in [0.15, 0.2) is 64.2 Å². The summed E-state index contributed by atoms with van der Waals surface area (Å²) in [6.45, 7) is 4.00. The van der Waals surface area contributed by atoms with Crippen molar-refractivity contribution in [2.45, 2.75) is 0 Å². The minimum atomic E-state index is -0.495. The Labute approximate surface area is 179 Å². The second-order valence-corrected chi connectivity index (χ2v) is 7.49. The smallest absolute Gasteiger partial charge is 0.363 e. The van der Waals surface area contributed by atoms with E-state index in [0.29, 0.717) is 18.1 Å². The average Bonchev–Trinajstić information content (AvgIpc) is 3.03. The molecule has 0 aromatic heterocycles. The largest absolute Gasteiger partial charge is 0.493 e. The topological polar surface area (TPSA) is 57.1 Å². The molecule has 0 spiro atoms. The first-order valence-corrected chi connectivity index (χ1v) is 9.78. The number of carbonyl (C=O) groups is 1. The molecular weight excluding hydrogens is 525 g/mol. The Kier molecular flexibility index (Phi) is 6.33. The molecule has 0 unspecified atom stereocenters. The molecule has 0 radical (unpaired) electrons. The van der Waals surface area contributed by atoms with Crippen LogP contribution in [0.3, 0.4) is 0 Å². The lowest BCUT2D eigenvalue weighted by Crippen LogP contribution is -2.05. The number of halogens is 2. The van der Waals surface area contributed by atoms with Gasteiger partial charge in [0.1, 0.15) is 6.61 Å². The number of nitrogens with zero attached hydrogens (tertiary/aromatic N) is 1. The van der Waals surface area contributed by atoms with Crippen LogP contribution >= 0.6 is 38.5 Å². The lowest BCUT2D eigenvalue weighted by Gasteiger charge is -2.09. The molecule has 0 fully saturated rings. The van der Waals surface area contributed by atoms with E-state index in [2.05, 4.69) is 50.1 Å². The van der Waals surface area contributed by atoms with Gasteiger partial charge in [-0.25, -0.2) is 9.79 Å². The zero-order valence-electron chi connectivity index (χ0n) is 14.4. The van der Waals surface area contributed by atoms with Crippen LogP contribution in [0.5, 0.6) is 11.5 Å². The van der Waals surface area contributed by atoms with Crippen LogP contribution in [0.25, 0.3) is 6.08 Å². The van der Waals surface area contributed by atoms with Crippen LogP contribution in [0.2, 0.25) is 0 Å². The summed E-state index contributed by atoms with van der Waals surface area (Å²) in [5.41, 5.74) is 1.70. The third-order valence-corrected chi connectivity index (χ3v) is 5.97. The Morgan fingerprint density at radius 1 is 1.26 bits per heavy atom. The first-order valence-electron chi connectivity index (χ1n) is 7.91. The lowest BCUT2D eigenvalue weighted by atomic mass is 10.1. The number of hydrogen-bond acceptors (Lipinski definition) is 5. The second kappa shape index (κ2) is 8.71. The number of rotatable bonds is 6. The molecule has 7 heteroatoms. The van der Waals surface area contributed by atoms with Crippen molar-refractivity contribution in [3.8, 4) is 11.5 Å². The van der Waals surface area contributed by atoms with Gasteiger partial charge in [0.25, 0.3) is 0 Å². The van der Waals surface area contributed by atoms with E-state index in [0.717, 1.165) is 19.2 Å². The molecule has 5 nitrogen and oxygen atoms in total. The van der Waals surface area contributed by atoms with E-state index in [9.17, 15) is 4.79 Å². The Morgan fingerprint density at radius 3 is 2.78 bits per heavy atom. The lowest BCUT2D eigenvalue weighted by molar-refractivity contribution is -0.129. The van der Waals surface area contributed by atoms with Crippen molar-refractivity contribution in [2.24, 2.45) is 4.99 Å². The normalized spacial score (nSPS) is 14.7. The van der Waals surface area contributed by atoms with Crippen molar-refractivity contribution < 1.29 is 19.0 Å². The molecule has 0 amide bonds. The first kappa shape index (κ1) is 19.6. The fraction of sp³-hybridized carbons (Fsp3) is 0.100. The van der Waals surface area contributed by atoms with Crippen LogP contribution in [0.4, 0.5) is 0 Å². The van der Waals surface area contributed by atoms with Crippen molar-refractivity contribution in [1.82, 2.24) is 0 Å². The van der Waals surface area contributed by atoms with Gasteiger partial charge in [-0.2, -0.15) is 0 Å². The summed E-state index contributed by atoms with van der Waals surface area (Å²) in [5.74, 6) is 0.941. The zero-order valence-corrected chi connectivity index (χ0v) is 18.1. The van der Waals surface area contributed by atoms with Crippen LogP contribution in [-0.4, -0.2) is 25.6 Å². The molecule has 3 rings (SSSR count). The highest BCUT2D eigenvalue weighted by molar-refractivity contribution is 14.1. The molecule has 0 saturated heterocycles. The van der Waals surface area contributed by atoms with Crippen molar-refractivity contribution >= 4 is 56.5 Å².